The van der Waals surface area contributed by atoms with Gasteiger partial charge in [-0.15, -0.1) is 4.83 Å². The highest BCUT2D eigenvalue weighted by atomic mass is 32.2. The van der Waals surface area contributed by atoms with E-state index in [4.69, 9.17) is 0 Å². The van der Waals surface area contributed by atoms with Crippen molar-refractivity contribution >= 4 is 10.0 Å². The van der Waals surface area contributed by atoms with Gasteiger partial charge in [0, 0.05) is 26.7 Å². The Hall–Kier alpha value is -0.170. The van der Waals surface area contributed by atoms with E-state index in [1.807, 2.05) is 0 Å². The fraction of sp³-hybridized carbons (Fsp3) is 1.00. The van der Waals surface area contributed by atoms with E-state index in [1.165, 1.54) is 17.9 Å². The van der Waals surface area contributed by atoms with Gasteiger partial charge >= 0.3 is 0 Å². The number of nitrogens with one attached hydrogen (secondary N) is 2. The Labute approximate surface area is 79.5 Å². The van der Waals surface area contributed by atoms with E-state index in [9.17, 15) is 8.42 Å². The molecule has 0 radical (unpaired) electrons. The second-order valence-corrected chi connectivity index (χ2v) is 5.35. The average Bonchev–Trinajstić information content (AvgIpc) is 2.67. The quantitative estimate of drug-likeness (QED) is 0.556. The van der Waals surface area contributed by atoms with E-state index in [2.05, 4.69) is 10.1 Å². The summed E-state index contributed by atoms with van der Waals surface area (Å²) in [6.45, 7) is 0.536. The Morgan fingerprint density at radius 3 is 2.46 bits per heavy atom. The van der Waals surface area contributed by atoms with Crippen LogP contribution in [0.5, 0.6) is 0 Å². The first-order valence-corrected chi connectivity index (χ1v) is 6.06. The van der Waals surface area contributed by atoms with Crippen molar-refractivity contribution in [3.05, 3.63) is 0 Å². The molecule has 1 fully saturated rings. The summed E-state index contributed by atoms with van der Waals surface area (Å²) in [7, 11) is 0.182. The van der Waals surface area contributed by atoms with Gasteiger partial charge in [-0.2, -0.15) is 0 Å². The lowest BCUT2D eigenvalue weighted by Gasteiger charge is -2.12. The minimum absolute atomic E-state index is 0.141. The van der Waals surface area contributed by atoms with Crippen molar-refractivity contribution in [1.82, 2.24) is 15.2 Å². The number of hydrogen-bond donors (Lipinski definition) is 2. The first-order chi connectivity index (χ1) is 5.99. The first-order valence-electron chi connectivity index (χ1n) is 4.40. The first kappa shape index (κ1) is 10.9. The fourth-order valence-corrected chi connectivity index (χ4v) is 2.04. The molecule has 0 unspecified atom stereocenters. The second kappa shape index (κ2) is 4.36. The molecule has 0 aromatic heterocycles. The molecule has 1 rings (SSSR count). The molecule has 1 saturated carbocycles. The maximum atomic E-state index is 11.3. The van der Waals surface area contributed by atoms with Crippen molar-refractivity contribution in [2.75, 3.05) is 26.4 Å². The summed E-state index contributed by atoms with van der Waals surface area (Å²) in [5.74, 6) is 0.141. The van der Waals surface area contributed by atoms with E-state index in [1.54, 1.807) is 14.1 Å². The Bertz CT molecular complexity index is 246. The molecule has 0 aromatic rings. The lowest BCUT2D eigenvalue weighted by atomic mass is 10.6. The average molecular weight is 207 g/mol. The van der Waals surface area contributed by atoms with Crippen molar-refractivity contribution in [3.8, 4) is 0 Å². The maximum Gasteiger partial charge on any atom is 0.225 e. The number of nitrogens with zero attached hydrogens (tertiary/aromatic N) is 1. The Kier molecular flexibility index (Phi) is 3.66. The number of hydrogen-bond acceptors (Lipinski definition) is 4. The van der Waals surface area contributed by atoms with E-state index < -0.39 is 10.0 Å². The molecule has 2 N–H and O–H groups in total. The summed E-state index contributed by atoms with van der Waals surface area (Å²) >= 11 is 0. The predicted molar refractivity (Wildman–Crippen MR) is 51.6 cm³/mol. The molecular weight excluding hydrogens is 190 g/mol. The lowest BCUT2D eigenvalue weighted by molar-refractivity contribution is 0.363. The summed E-state index contributed by atoms with van der Waals surface area (Å²) in [5.41, 5.74) is 0. The molecule has 0 bridgehead atoms. The van der Waals surface area contributed by atoms with Crippen molar-refractivity contribution in [2.45, 2.75) is 18.9 Å². The zero-order valence-corrected chi connectivity index (χ0v) is 8.89. The van der Waals surface area contributed by atoms with Crippen molar-refractivity contribution in [2.24, 2.45) is 0 Å². The number of sulfonamides is 1. The highest BCUT2D eigenvalue weighted by Gasteiger charge is 2.21. The fourth-order valence-electron chi connectivity index (χ4n) is 1.01. The van der Waals surface area contributed by atoms with Gasteiger partial charge in [0.15, 0.2) is 0 Å². The maximum absolute atomic E-state index is 11.3. The lowest BCUT2D eigenvalue weighted by Crippen LogP contribution is -2.40. The molecule has 0 atom stereocenters. The SMILES string of the molecule is CN(C)NS(=O)(=O)CCNC1CC1. The van der Waals surface area contributed by atoms with Crippen LogP contribution in [0.1, 0.15) is 12.8 Å². The van der Waals surface area contributed by atoms with Crippen LogP contribution in [-0.2, 0) is 10.0 Å². The van der Waals surface area contributed by atoms with Crippen LogP contribution in [0.4, 0.5) is 0 Å². The summed E-state index contributed by atoms with van der Waals surface area (Å²) < 4.78 is 22.5. The van der Waals surface area contributed by atoms with Crippen molar-refractivity contribution in [1.29, 1.82) is 0 Å². The van der Waals surface area contributed by atoms with Crippen LogP contribution in [0.2, 0.25) is 0 Å². The second-order valence-electron chi connectivity index (χ2n) is 3.53. The van der Waals surface area contributed by atoms with Gasteiger partial charge in [0.1, 0.15) is 0 Å². The van der Waals surface area contributed by atoms with Gasteiger partial charge in [0.05, 0.1) is 5.75 Å². The molecule has 1 aliphatic carbocycles. The number of hydrazine groups is 1. The van der Waals surface area contributed by atoms with Gasteiger partial charge in [-0.1, -0.05) is 0 Å². The normalized spacial score (nSPS) is 18.1. The molecule has 0 aliphatic heterocycles. The molecule has 78 valence electrons. The van der Waals surface area contributed by atoms with Crippen LogP contribution in [0.15, 0.2) is 0 Å². The van der Waals surface area contributed by atoms with E-state index in [0.717, 1.165) is 0 Å². The molecule has 6 heteroatoms. The molecule has 0 spiro atoms. The third kappa shape index (κ3) is 5.20. The van der Waals surface area contributed by atoms with E-state index in [0.29, 0.717) is 12.6 Å². The smallest absolute Gasteiger partial charge is 0.225 e. The summed E-state index contributed by atoms with van der Waals surface area (Å²) in [4.78, 5) is 2.38. The van der Waals surface area contributed by atoms with E-state index in [-0.39, 0.29) is 5.75 Å². The number of rotatable bonds is 6. The van der Waals surface area contributed by atoms with Crippen LogP contribution >= 0.6 is 0 Å². The standard InChI is InChI=1S/C7H17N3O2S/c1-10(2)9-13(11,12)6-5-8-7-3-4-7/h7-9H,3-6H2,1-2H3. The third-order valence-electron chi connectivity index (χ3n) is 1.70. The minimum Gasteiger partial charge on any atom is -0.313 e. The monoisotopic (exact) mass is 207 g/mol. The van der Waals surface area contributed by atoms with Gasteiger partial charge in [-0.05, 0) is 12.8 Å². The van der Waals surface area contributed by atoms with Gasteiger partial charge in [0.25, 0.3) is 0 Å². The molecular formula is C7H17N3O2S. The zero-order valence-electron chi connectivity index (χ0n) is 8.08. The molecule has 0 heterocycles. The highest BCUT2D eigenvalue weighted by molar-refractivity contribution is 7.89. The van der Waals surface area contributed by atoms with Crippen LogP contribution < -0.4 is 10.1 Å². The highest BCUT2D eigenvalue weighted by Crippen LogP contribution is 2.17. The van der Waals surface area contributed by atoms with Gasteiger partial charge in [-0.25, -0.2) is 13.4 Å². The molecule has 0 amide bonds. The Morgan fingerprint density at radius 1 is 1.38 bits per heavy atom. The largest absolute Gasteiger partial charge is 0.313 e. The van der Waals surface area contributed by atoms with Crippen LogP contribution in [0, 0.1) is 0 Å². The molecule has 0 aromatic carbocycles. The Balaban J connectivity index is 2.16. The minimum atomic E-state index is -3.14. The van der Waals surface area contributed by atoms with Gasteiger partial charge < -0.3 is 5.32 Å². The molecule has 13 heavy (non-hydrogen) atoms. The zero-order chi connectivity index (χ0) is 9.90. The summed E-state index contributed by atoms with van der Waals surface area (Å²) in [6.07, 6.45) is 2.36. The van der Waals surface area contributed by atoms with E-state index >= 15 is 0 Å². The van der Waals surface area contributed by atoms with Crippen molar-refractivity contribution < 1.29 is 8.42 Å². The molecule has 1 aliphatic rings. The van der Waals surface area contributed by atoms with Gasteiger partial charge in [-0.3, -0.25) is 0 Å². The van der Waals surface area contributed by atoms with Crippen LogP contribution in [-0.4, -0.2) is 45.9 Å². The summed E-state index contributed by atoms with van der Waals surface area (Å²) in [5, 5.41) is 4.59. The van der Waals surface area contributed by atoms with Crippen molar-refractivity contribution in [3.63, 3.8) is 0 Å². The molecule has 5 nitrogen and oxygen atoms in total. The Morgan fingerprint density at radius 2 is 2.00 bits per heavy atom. The predicted octanol–water partition coefficient (Wildman–Crippen LogP) is -0.866. The van der Waals surface area contributed by atoms with Crippen LogP contribution in [0.25, 0.3) is 0 Å². The summed E-state index contributed by atoms with van der Waals surface area (Å²) in [6, 6.07) is 0.564. The molecule has 0 saturated heterocycles. The van der Waals surface area contributed by atoms with Gasteiger partial charge in [0.2, 0.25) is 10.0 Å². The van der Waals surface area contributed by atoms with Crippen LogP contribution in [0.3, 0.4) is 0 Å². The topological polar surface area (TPSA) is 61.4 Å². The third-order valence-corrected chi connectivity index (χ3v) is 3.09.